The molecule has 0 radical (unpaired) electrons. The minimum Gasteiger partial charge on any atom is -0.338 e. The Kier molecular flexibility index (Phi) is 5.66. The monoisotopic (exact) mass is 419 g/mol. The number of imidazole rings is 1. The van der Waals surface area contributed by atoms with Crippen molar-refractivity contribution in [1.82, 2.24) is 18.7 Å². The van der Waals surface area contributed by atoms with E-state index in [9.17, 15) is 14.0 Å². The summed E-state index contributed by atoms with van der Waals surface area (Å²) in [4.78, 5) is 31.8. The number of hydrogen-bond acceptors (Lipinski definition) is 4. The highest BCUT2D eigenvalue weighted by molar-refractivity contribution is 6.31. The van der Waals surface area contributed by atoms with Gasteiger partial charge in [0.2, 0.25) is 5.95 Å². The molecule has 29 heavy (non-hydrogen) atoms. The van der Waals surface area contributed by atoms with Crippen LogP contribution in [0.15, 0.2) is 39.9 Å². The van der Waals surface area contributed by atoms with Gasteiger partial charge in [0.05, 0.1) is 6.54 Å². The van der Waals surface area contributed by atoms with Gasteiger partial charge in [-0.1, -0.05) is 29.8 Å². The third-order valence-corrected chi connectivity index (χ3v) is 5.19. The Hall–Kier alpha value is -2.87. The number of hydrogen-bond donors (Lipinski definition) is 0. The fourth-order valence-electron chi connectivity index (χ4n) is 3.32. The Balaban J connectivity index is 2.38. The highest BCUT2D eigenvalue weighted by Crippen LogP contribution is 2.26. The normalized spacial score (nSPS) is 11.2. The summed E-state index contributed by atoms with van der Waals surface area (Å²) in [7, 11) is 2.96. The summed E-state index contributed by atoms with van der Waals surface area (Å²) < 4.78 is 18.5. The van der Waals surface area contributed by atoms with Crippen molar-refractivity contribution in [2.24, 2.45) is 14.1 Å². The molecule has 0 spiro atoms. The molecule has 0 amide bonds. The van der Waals surface area contributed by atoms with Crippen LogP contribution >= 0.6 is 11.6 Å². The first-order valence-corrected chi connectivity index (χ1v) is 9.53. The van der Waals surface area contributed by atoms with Crippen LogP contribution in [0.1, 0.15) is 19.4 Å². The third-order valence-electron chi connectivity index (χ3n) is 4.83. The van der Waals surface area contributed by atoms with Gasteiger partial charge < -0.3 is 4.90 Å². The van der Waals surface area contributed by atoms with Crippen LogP contribution < -0.4 is 16.1 Å². The van der Waals surface area contributed by atoms with Gasteiger partial charge in [-0.2, -0.15) is 4.98 Å². The molecule has 0 aliphatic carbocycles. The van der Waals surface area contributed by atoms with Gasteiger partial charge in [0.1, 0.15) is 5.82 Å². The zero-order valence-electron chi connectivity index (χ0n) is 16.9. The lowest BCUT2D eigenvalue weighted by molar-refractivity contribution is 0.599. The lowest BCUT2D eigenvalue weighted by Gasteiger charge is -2.23. The van der Waals surface area contributed by atoms with Gasteiger partial charge in [-0.25, -0.2) is 9.18 Å². The third kappa shape index (κ3) is 3.60. The van der Waals surface area contributed by atoms with Crippen LogP contribution in [0.3, 0.4) is 0 Å². The molecule has 7 nitrogen and oxygen atoms in total. The molecule has 0 aliphatic rings. The maximum atomic E-state index is 14.5. The molecule has 0 bridgehead atoms. The van der Waals surface area contributed by atoms with E-state index in [4.69, 9.17) is 11.6 Å². The van der Waals surface area contributed by atoms with Crippen LogP contribution in [0.4, 0.5) is 10.3 Å². The minimum absolute atomic E-state index is 0.00251. The number of rotatable bonds is 6. The second kappa shape index (κ2) is 7.87. The molecule has 3 rings (SSSR count). The second-order valence-electron chi connectivity index (χ2n) is 7.05. The van der Waals surface area contributed by atoms with Crippen molar-refractivity contribution in [2.75, 3.05) is 18.0 Å². The molecule has 9 heteroatoms. The van der Waals surface area contributed by atoms with Crippen molar-refractivity contribution in [2.45, 2.75) is 20.4 Å². The molecule has 0 N–H and O–H groups in total. The lowest BCUT2D eigenvalue weighted by Crippen LogP contribution is -2.37. The Labute approximate surface area is 172 Å². The quantitative estimate of drug-likeness (QED) is 0.576. The molecule has 0 saturated carbocycles. The van der Waals surface area contributed by atoms with Crippen LogP contribution in [-0.4, -0.2) is 31.8 Å². The Morgan fingerprint density at radius 2 is 1.97 bits per heavy atom. The number of fused-ring (bicyclic) bond motifs is 1. The molecule has 1 aromatic carbocycles. The number of anilines is 1. The van der Waals surface area contributed by atoms with Crippen LogP contribution in [0.2, 0.25) is 5.02 Å². The van der Waals surface area contributed by atoms with E-state index in [-0.39, 0.29) is 28.3 Å². The van der Waals surface area contributed by atoms with Gasteiger partial charge >= 0.3 is 5.69 Å². The number of aryl methyl sites for hydroxylation is 1. The van der Waals surface area contributed by atoms with E-state index in [0.717, 1.165) is 10.1 Å². The van der Waals surface area contributed by atoms with E-state index in [1.165, 1.54) is 23.7 Å². The first-order valence-electron chi connectivity index (χ1n) is 9.15. The number of benzene rings is 1. The Bertz CT molecular complexity index is 1200. The highest BCUT2D eigenvalue weighted by Gasteiger charge is 2.23. The number of halogens is 2. The van der Waals surface area contributed by atoms with Crippen LogP contribution in [0.25, 0.3) is 11.2 Å². The second-order valence-corrected chi connectivity index (χ2v) is 7.45. The van der Waals surface area contributed by atoms with Crippen LogP contribution in [0, 0.1) is 5.82 Å². The largest absolute Gasteiger partial charge is 0.338 e. The average molecular weight is 420 g/mol. The van der Waals surface area contributed by atoms with Crippen molar-refractivity contribution in [1.29, 1.82) is 0 Å². The molecular weight excluding hydrogens is 397 g/mol. The van der Waals surface area contributed by atoms with Crippen molar-refractivity contribution in [3.05, 3.63) is 67.6 Å². The Morgan fingerprint density at radius 3 is 2.55 bits per heavy atom. The zero-order chi connectivity index (χ0) is 21.5. The van der Waals surface area contributed by atoms with Crippen molar-refractivity contribution in [3.8, 4) is 0 Å². The maximum Gasteiger partial charge on any atom is 0.332 e. The molecule has 0 unspecified atom stereocenters. The molecule has 3 aromatic rings. The molecule has 0 aliphatic heterocycles. The van der Waals surface area contributed by atoms with Crippen LogP contribution in [0.5, 0.6) is 0 Å². The molecule has 2 heterocycles. The number of aromatic nitrogens is 4. The van der Waals surface area contributed by atoms with Gasteiger partial charge in [0, 0.05) is 37.8 Å². The van der Waals surface area contributed by atoms with Crippen molar-refractivity contribution in [3.63, 3.8) is 0 Å². The van der Waals surface area contributed by atoms with Gasteiger partial charge in [0.25, 0.3) is 5.56 Å². The van der Waals surface area contributed by atoms with Crippen molar-refractivity contribution >= 4 is 28.7 Å². The zero-order valence-corrected chi connectivity index (χ0v) is 17.6. The summed E-state index contributed by atoms with van der Waals surface area (Å²) in [5.74, 6) is -0.0296. The maximum absolute atomic E-state index is 14.5. The lowest BCUT2D eigenvalue weighted by atomic mass is 10.2. The van der Waals surface area contributed by atoms with E-state index in [2.05, 4.69) is 11.6 Å². The van der Waals surface area contributed by atoms with E-state index in [0.29, 0.717) is 19.0 Å². The SMILES string of the molecule is C=C(C)CN(CC)c1nc2c(c(=O)n(C)c(=O)n2C)n1Cc1c(F)cccc1Cl. The van der Waals surface area contributed by atoms with Gasteiger partial charge in [-0.05, 0) is 26.0 Å². The van der Waals surface area contributed by atoms with E-state index in [1.54, 1.807) is 17.7 Å². The first-order chi connectivity index (χ1) is 13.7. The summed E-state index contributed by atoms with van der Waals surface area (Å²) in [5.41, 5.74) is 0.615. The summed E-state index contributed by atoms with van der Waals surface area (Å²) >= 11 is 6.24. The molecule has 0 fully saturated rings. The fourth-order valence-corrected chi connectivity index (χ4v) is 3.54. The summed E-state index contributed by atoms with van der Waals surface area (Å²) in [6, 6.07) is 4.44. The summed E-state index contributed by atoms with van der Waals surface area (Å²) in [5, 5.41) is 0.252. The summed E-state index contributed by atoms with van der Waals surface area (Å²) in [6.07, 6.45) is 0. The average Bonchev–Trinajstić information content (AvgIpc) is 3.04. The molecule has 154 valence electrons. The minimum atomic E-state index is -0.499. The molecular formula is C20H23ClFN5O2. The van der Waals surface area contributed by atoms with E-state index < -0.39 is 17.1 Å². The predicted molar refractivity (Wildman–Crippen MR) is 113 cm³/mol. The van der Waals surface area contributed by atoms with E-state index in [1.807, 2.05) is 18.7 Å². The molecule has 0 saturated heterocycles. The van der Waals surface area contributed by atoms with Crippen molar-refractivity contribution < 1.29 is 4.39 Å². The first kappa shape index (κ1) is 20.9. The fraction of sp³-hybridized carbons (Fsp3) is 0.350. The molecule has 2 aromatic heterocycles. The topological polar surface area (TPSA) is 65.1 Å². The van der Waals surface area contributed by atoms with Gasteiger partial charge in [-0.15, -0.1) is 0 Å². The number of likely N-dealkylation sites (N-methyl/N-ethyl adjacent to an activating group) is 1. The standard InChI is InChI=1S/C20H23ClFN5O2/c1-6-26(10-12(2)3)19-23-17-16(18(28)25(5)20(29)24(17)4)27(19)11-13-14(21)8-7-9-15(13)22/h7-9H,2,6,10-11H2,1,3-5H3. The van der Waals surface area contributed by atoms with Gasteiger partial charge in [-0.3, -0.25) is 18.5 Å². The number of nitrogens with zero attached hydrogens (tertiary/aromatic N) is 5. The highest BCUT2D eigenvalue weighted by atomic mass is 35.5. The predicted octanol–water partition coefficient (Wildman–Crippen LogP) is 2.68. The van der Waals surface area contributed by atoms with E-state index >= 15 is 0 Å². The Morgan fingerprint density at radius 1 is 1.28 bits per heavy atom. The summed E-state index contributed by atoms with van der Waals surface area (Å²) in [6.45, 7) is 8.85. The smallest absolute Gasteiger partial charge is 0.332 e. The molecule has 0 atom stereocenters. The van der Waals surface area contributed by atoms with Crippen LogP contribution in [-0.2, 0) is 20.6 Å². The van der Waals surface area contributed by atoms with Gasteiger partial charge in [0.15, 0.2) is 11.2 Å².